The van der Waals surface area contributed by atoms with E-state index in [1.807, 2.05) is 6.07 Å². The molecule has 1 aromatic heterocycles. The van der Waals surface area contributed by atoms with Gasteiger partial charge in [-0.1, -0.05) is 30.3 Å². The van der Waals surface area contributed by atoms with Crippen molar-refractivity contribution in [3.63, 3.8) is 0 Å². The molecule has 1 saturated heterocycles. The van der Waals surface area contributed by atoms with E-state index in [-0.39, 0.29) is 19.4 Å². The monoisotopic (exact) mass is 500 g/mol. The third-order valence-electron chi connectivity index (χ3n) is 6.15. The molecule has 0 saturated carbocycles. The minimum atomic E-state index is -1.26. The first-order valence-electron chi connectivity index (χ1n) is 11.8. The number of rotatable bonds is 11. The van der Waals surface area contributed by atoms with E-state index in [0.717, 1.165) is 5.56 Å². The fourth-order valence-electron chi connectivity index (χ4n) is 4.12. The van der Waals surface area contributed by atoms with Crippen molar-refractivity contribution in [2.45, 2.75) is 62.9 Å². The molecule has 12 heteroatoms. The molecule has 12 nitrogen and oxygen atoms in total. The van der Waals surface area contributed by atoms with E-state index >= 15 is 0 Å². The van der Waals surface area contributed by atoms with Gasteiger partial charge in [-0.25, -0.2) is 9.78 Å². The van der Waals surface area contributed by atoms with Crippen LogP contribution in [0.15, 0.2) is 42.9 Å². The second kappa shape index (κ2) is 12.3. The summed E-state index contributed by atoms with van der Waals surface area (Å²) in [5.41, 5.74) is 7.05. The van der Waals surface area contributed by atoms with Crippen molar-refractivity contribution < 1.29 is 29.4 Å². The lowest BCUT2D eigenvalue weighted by Gasteiger charge is -2.29. The van der Waals surface area contributed by atoms with Crippen molar-refractivity contribution in [3.8, 4) is 0 Å². The number of nitrogens with two attached hydrogens (primary N) is 1. The largest absolute Gasteiger partial charge is 0.480 e. The van der Waals surface area contributed by atoms with Crippen LogP contribution in [0.4, 0.5) is 0 Å². The molecular formula is C24H32N6O6. The number of carboxylic acid groups (broad SMARTS) is 1. The summed E-state index contributed by atoms with van der Waals surface area (Å²) in [5.74, 6) is -3.00. The molecule has 1 aliphatic heterocycles. The summed E-state index contributed by atoms with van der Waals surface area (Å²) >= 11 is 0. The molecule has 2 heterocycles. The standard InChI is InChI=1S/C24H32N6O6/c1-14(31)20(25)22(33)28-17(11-16-12-26-13-27-16)21(32)29-18(10-15-6-3-2-4-7-15)23(34)30-9-5-8-19(30)24(35)36/h2-4,6-7,12-14,17-20,31H,5,8-11,25H2,1H3,(H,26,27)(H,28,33)(H,29,32)(H,35,36). The highest BCUT2D eigenvalue weighted by Gasteiger charge is 2.38. The average Bonchev–Trinajstić information content (AvgIpc) is 3.55. The zero-order chi connectivity index (χ0) is 26.2. The van der Waals surface area contributed by atoms with Gasteiger partial charge >= 0.3 is 5.97 Å². The van der Waals surface area contributed by atoms with Gasteiger partial charge < -0.3 is 36.5 Å². The summed E-state index contributed by atoms with van der Waals surface area (Å²) in [5, 5.41) is 24.5. The van der Waals surface area contributed by atoms with E-state index in [9.17, 15) is 29.4 Å². The van der Waals surface area contributed by atoms with Gasteiger partial charge in [-0.2, -0.15) is 0 Å². The number of imidazole rings is 1. The Morgan fingerprint density at radius 2 is 1.83 bits per heavy atom. The topological polar surface area (TPSA) is 191 Å². The number of nitrogens with one attached hydrogen (secondary N) is 3. The Bertz CT molecular complexity index is 1040. The highest BCUT2D eigenvalue weighted by atomic mass is 16.4. The number of aliphatic carboxylic acids is 1. The van der Waals surface area contributed by atoms with Gasteiger partial charge in [-0.05, 0) is 25.3 Å². The zero-order valence-electron chi connectivity index (χ0n) is 20.0. The first kappa shape index (κ1) is 26.8. The molecule has 36 heavy (non-hydrogen) atoms. The molecule has 5 atom stereocenters. The van der Waals surface area contributed by atoms with Gasteiger partial charge in [-0.3, -0.25) is 14.4 Å². The quantitative estimate of drug-likeness (QED) is 0.225. The van der Waals surface area contributed by atoms with Crippen LogP contribution in [0.2, 0.25) is 0 Å². The van der Waals surface area contributed by atoms with Crippen LogP contribution in [0.25, 0.3) is 0 Å². The number of hydrogen-bond acceptors (Lipinski definition) is 7. The van der Waals surface area contributed by atoms with Crippen molar-refractivity contribution in [1.29, 1.82) is 0 Å². The van der Waals surface area contributed by atoms with Gasteiger partial charge in [-0.15, -0.1) is 0 Å². The first-order chi connectivity index (χ1) is 17.2. The number of carbonyl (C=O) groups is 4. The number of hydrogen-bond donors (Lipinski definition) is 6. The molecule has 2 aromatic rings. The van der Waals surface area contributed by atoms with E-state index in [1.54, 1.807) is 24.3 Å². The number of aliphatic hydroxyl groups is 1. The first-order valence-corrected chi connectivity index (χ1v) is 11.8. The maximum Gasteiger partial charge on any atom is 0.326 e. The highest BCUT2D eigenvalue weighted by Crippen LogP contribution is 2.20. The number of H-pyrrole nitrogens is 1. The number of nitrogens with zero attached hydrogens (tertiary/aromatic N) is 2. The van der Waals surface area contributed by atoms with Gasteiger partial charge in [0.1, 0.15) is 24.2 Å². The summed E-state index contributed by atoms with van der Waals surface area (Å²) in [4.78, 5) is 59.1. The second-order valence-corrected chi connectivity index (χ2v) is 8.89. The van der Waals surface area contributed by atoms with Crippen molar-refractivity contribution in [2.75, 3.05) is 6.54 Å². The number of benzene rings is 1. The molecule has 1 fully saturated rings. The van der Waals surface area contributed by atoms with Gasteiger partial charge in [0.2, 0.25) is 17.7 Å². The lowest BCUT2D eigenvalue weighted by atomic mass is 10.0. The Morgan fingerprint density at radius 3 is 2.44 bits per heavy atom. The van der Waals surface area contributed by atoms with E-state index in [0.29, 0.717) is 18.5 Å². The Balaban J connectivity index is 1.84. The summed E-state index contributed by atoms with van der Waals surface area (Å²) in [7, 11) is 0. The van der Waals surface area contributed by atoms with Gasteiger partial charge in [0.05, 0.1) is 12.4 Å². The molecule has 1 aliphatic rings. The van der Waals surface area contributed by atoms with Crippen LogP contribution < -0.4 is 16.4 Å². The number of aromatic amines is 1. The molecule has 0 aliphatic carbocycles. The summed E-state index contributed by atoms with van der Waals surface area (Å²) < 4.78 is 0. The van der Waals surface area contributed by atoms with Crippen molar-refractivity contribution >= 4 is 23.7 Å². The minimum Gasteiger partial charge on any atom is -0.480 e. The third-order valence-corrected chi connectivity index (χ3v) is 6.15. The van der Waals surface area contributed by atoms with Crippen LogP contribution in [-0.4, -0.2) is 85.6 Å². The normalized spacial score (nSPS) is 18.6. The Kier molecular flexibility index (Phi) is 9.14. The Morgan fingerprint density at radius 1 is 1.14 bits per heavy atom. The Hall–Kier alpha value is -3.77. The van der Waals surface area contributed by atoms with E-state index < -0.39 is 54.0 Å². The third kappa shape index (κ3) is 6.89. The molecule has 5 unspecified atom stereocenters. The number of aliphatic hydroxyl groups excluding tert-OH is 1. The van der Waals surface area contributed by atoms with Crippen LogP contribution in [-0.2, 0) is 32.0 Å². The number of amides is 3. The van der Waals surface area contributed by atoms with Crippen LogP contribution in [0.1, 0.15) is 31.0 Å². The van der Waals surface area contributed by atoms with Gasteiger partial charge in [0.25, 0.3) is 0 Å². The SMILES string of the molecule is CC(O)C(N)C(=O)NC(Cc1cnc[nH]1)C(=O)NC(Cc1ccccc1)C(=O)N1CCCC1C(=O)O. The molecule has 7 N–H and O–H groups in total. The van der Waals surface area contributed by atoms with Crippen molar-refractivity contribution in [2.24, 2.45) is 5.73 Å². The second-order valence-electron chi connectivity index (χ2n) is 8.89. The highest BCUT2D eigenvalue weighted by molar-refractivity contribution is 5.94. The fraction of sp³-hybridized carbons (Fsp3) is 0.458. The van der Waals surface area contributed by atoms with Crippen molar-refractivity contribution in [3.05, 3.63) is 54.1 Å². The number of aromatic nitrogens is 2. The van der Waals surface area contributed by atoms with Gasteiger partial charge in [0.15, 0.2) is 0 Å². The predicted molar refractivity (Wildman–Crippen MR) is 128 cm³/mol. The van der Waals surface area contributed by atoms with Crippen LogP contribution in [0.5, 0.6) is 0 Å². The Labute approximate surface area is 208 Å². The zero-order valence-corrected chi connectivity index (χ0v) is 20.0. The van der Waals surface area contributed by atoms with E-state index in [4.69, 9.17) is 5.73 Å². The van der Waals surface area contributed by atoms with Gasteiger partial charge in [0, 0.05) is 31.3 Å². The van der Waals surface area contributed by atoms with Crippen LogP contribution in [0.3, 0.4) is 0 Å². The summed E-state index contributed by atoms with van der Waals surface area (Å²) in [6.45, 7) is 1.63. The number of carboxylic acids is 1. The number of carbonyl (C=O) groups excluding carboxylic acids is 3. The van der Waals surface area contributed by atoms with Crippen LogP contribution >= 0.6 is 0 Å². The maximum atomic E-state index is 13.5. The smallest absolute Gasteiger partial charge is 0.326 e. The molecule has 3 rings (SSSR count). The molecule has 194 valence electrons. The predicted octanol–water partition coefficient (Wildman–Crippen LogP) is -1.05. The van der Waals surface area contributed by atoms with E-state index in [1.165, 1.54) is 24.3 Å². The fourth-order valence-corrected chi connectivity index (χ4v) is 4.12. The lowest BCUT2D eigenvalue weighted by molar-refractivity contribution is -0.149. The molecule has 0 radical (unpaired) electrons. The molecule has 3 amide bonds. The van der Waals surface area contributed by atoms with Crippen LogP contribution in [0, 0.1) is 0 Å². The van der Waals surface area contributed by atoms with Crippen molar-refractivity contribution in [1.82, 2.24) is 25.5 Å². The summed E-state index contributed by atoms with van der Waals surface area (Å²) in [6, 6.07) is 4.60. The molecule has 1 aromatic carbocycles. The maximum absolute atomic E-state index is 13.5. The van der Waals surface area contributed by atoms with E-state index in [2.05, 4.69) is 20.6 Å². The number of likely N-dealkylation sites (tertiary alicyclic amines) is 1. The average molecular weight is 501 g/mol. The summed E-state index contributed by atoms with van der Waals surface area (Å²) in [6.07, 6.45) is 2.82. The molecular weight excluding hydrogens is 468 g/mol. The lowest BCUT2D eigenvalue weighted by Crippen LogP contribution is -2.59. The minimum absolute atomic E-state index is 0.0256. The molecule has 0 spiro atoms. The molecule has 0 bridgehead atoms.